The molecule has 0 fully saturated rings. The van der Waals surface area contributed by atoms with E-state index in [1.807, 2.05) is 18.2 Å². The molecule has 0 aliphatic heterocycles. The maximum atomic E-state index is 12.3. The van der Waals surface area contributed by atoms with Gasteiger partial charge in [0.25, 0.3) is 0 Å². The third kappa shape index (κ3) is 6.18. The van der Waals surface area contributed by atoms with E-state index in [1.165, 1.54) is 5.56 Å². The zero-order valence-electron chi connectivity index (χ0n) is 14.9. The molecule has 0 bridgehead atoms. The molecule has 3 heteroatoms. The van der Waals surface area contributed by atoms with E-state index in [9.17, 15) is 4.79 Å². The summed E-state index contributed by atoms with van der Waals surface area (Å²) in [6.07, 6.45) is 2.82. The summed E-state index contributed by atoms with van der Waals surface area (Å²) in [5, 5.41) is 3.09. The van der Waals surface area contributed by atoms with E-state index in [0.717, 1.165) is 38.2 Å². The third-order valence-corrected chi connectivity index (χ3v) is 3.74. The van der Waals surface area contributed by atoms with Crippen molar-refractivity contribution in [2.45, 2.75) is 59.3 Å². The first-order chi connectivity index (χ1) is 10.4. The molecule has 0 radical (unpaired) electrons. The van der Waals surface area contributed by atoms with Gasteiger partial charge in [-0.25, -0.2) is 0 Å². The summed E-state index contributed by atoms with van der Waals surface area (Å²) >= 11 is 0. The van der Waals surface area contributed by atoms with Crippen LogP contribution in [0.25, 0.3) is 0 Å². The molecule has 1 aromatic rings. The molecule has 0 aliphatic rings. The zero-order chi connectivity index (χ0) is 16.6. The monoisotopic (exact) mass is 304 g/mol. The summed E-state index contributed by atoms with van der Waals surface area (Å²) in [7, 11) is 0. The van der Waals surface area contributed by atoms with Crippen LogP contribution in [-0.2, 0) is 10.2 Å². The number of amides is 1. The molecule has 1 aromatic carbocycles. The summed E-state index contributed by atoms with van der Waals surface area (Å²) in [5.74, 6) is 0.105. The summed E-state index contributed by atoms with van der Waals surface area (Å²) in [6, 6.07) is 8.09. The number of anilines is 1. The molecule has 22 heavy (non-hydrogen) atoms. The Morgan fingerprint density at radius 3 is 2.18 bits per heavy atom. The lowest BCUT2D eigenvalue weighted by molar-refractivity contribution is -0.116. The van der Waals surface area contributed by atoms with E-state index in [4.69, 9.17) is 0 Å². The smallest absolute Gasteiger partial charge is 0.225 e. The van der Waals surface area contributed by atoms with Gasteiger partial charge in [-0.3, -0.25) is 4.79 Å². The van der Waals surface area contributed by atoms with Crippen LogP contribution < -0.4 is 5.32 Å². The van der Waals surface area contributed by atoms with Gasteiger partial charge in [-0.15, -0.1) is 0 Å². The molecule has 1 rings (SSSR count). The number of carbonyl (C=O) groups is 1. The van der Waals surface area contributed by atoms with E-state index in [0.29, 0.717) is 6.42 Å². The van der Waals surface area contributed by atoms with Gasteiger partial charge in [0.05, 0.1) is 0 Å². The van der Waals surface area contributed by atoms with Gasteiger partial charge >= 0.3 is 0 Å². The maximum Gasteiger partial charge on any atom is 0.225 e. The van der Waals surface area contributed by atoms with Gasteiger partial charge in [-0.2, -0.15) is 0 Å². The number of hydrogen-bond acceptors (Lipinski definition) is 2. The Labute approximate surface area is 136 Å². The van der Waals surface area contributed by atoms with Gasteiger partial charge in [0.2, 0.25) is 5.91 Å². The van der Waals surface area contributed by atoms with Gasteiger partial charge < -0.3 is 10.2 Å². The minimum atomic E-state index is 0.0281. The molecule has 0 saturated carbocycles. The molecule has 124 valence electrons. The summed E-state index contributed by atoms with van der Waals surface area (Å²) < 4.78 is 0. The van der Waals surface area contributed by atoms with Crippen LogP contribution in [-0.4, -0.2) is 30.4 Å². The highest BCUT2D eigenvalue weighted by molar-refractivity contribution is 5.91. The Bertz CT molecular complexity index is 457. The van der Waals surface area contributed by atoms with Crippen LogP contribution in [0.4, 0.5) is 5.69 Å². The number of carbonyl (C=O) groups excluding carboxylic acids is 1. The molecule has 0 atom stereocenters. The Morgan fingerprint density at radius 2 is 1.64 bits per heavy atom. The molecule has 0 aliphatic carbocycles. The van der Waals surface area contributed by atoms with E-state index in [2.05, 4.69) is 50.9 Å². The topological polar surface area (TPSA) is 32.3 Å². The lowest BCUT2D eigenvalue weighted by Crippen LogP contribution is -2.29. The first kappa shape index (κ1) is 18.7. The van der Waals surface area contributed by atoms with Gasteiger partial charge in [0.1, 0.15) is 0 Å². The molecule has 3 nitrogen and oxygen atoms in total. The SMILES string of the molecule is CCCN(CCC)CCC(=O)Nc1ccccc1C(C)(C)C. The van der Waals surface area contributed by atoms with Crippen molar-refractivity contribution >= 4 is 11.6 Å². The second-order valence-corrected chi connectivity index (χ2v) is 6.94. The molecule has 0 aromatic heterocycles. The predicted molar refractivity (Wildman–Crippen MR) is 95.4 cm³/mol. The Balaban J connectivity index is 2.62. The van der Waals surface area contributed by atoms with Gasteiger partial charge in [0, 0.05) is 18.7 Å². The van der Waals surface area contributed by atoms with Crippen molar-refractivity contribution in [3.63, 3.8) is 0 Å². The second kappa shape index (κ2) is 8.94. The summed E-state index contributed by atoms with van der Waals surface area (Å²) in [5.41, 5.74) is 2.15. The fourth-order valence-corrected chi connectivity index (χ4v) is 2.69. The maximum absolute atomic E-state index is 12.3. The standard InChI is InChI=1S/C19H32N2O/c1-6-13-21(14-7-2)15-12-18(22)20-17-11-9-8-10-16(17)19(3,4)5/h8-11H,6-7,12-15H2,1-5H3,(H,20,22). The van der Waals surface area contributed by atoms with Gasteiger partial charge in [-0.1, -0.05) is 52.8 Å². The van der Waals surface area contributed by atoms with Gasteiger partial charge in [0.15, 0.2) is 0 Å². The first-order valence-electron chi connectivity index (χ1n) is 8.50. The molecule has 0 heterocycles. The molecular weight excluding hydrogens is 272 g/mol. The largest absolute Gasteiger partial charge is 0.326 e. The number of hydrogen-bond donors (Lipinski definition) is 1. The van der Waals surface area contributed by atoms with E-state index in [-0.39, 0.29) is 11.3 Å². The van der Waals surface area contributed by atoms with Crippen LogP contribution in [0.5, 0.6) is 0 Å². The molecule has 1 N–H and O–H groups in total. The van der Waals surface area contributed by atoms with Crippen molar-refractivity contribution < 1.29 is 4.79 Å². The molecule has 0 saturated heterocycles. The Kier molecular flexibility index (Phi) is 7.60. The molecule has 0 spiro atoms. The molecular formula is C19H32N2O. The second-order valence-electron chi connectivity index (χ2n) is 6.94. The van der Waals surface area contributed by atoms with Crippen LogP contribution in [0.3, 0.4) is 0 Å². The van der Waals surface area contributed by atoms with E-state index < -0.39 is 0 Å². The fraction of sp³-hybridized carbons (Fsp3) is 0.632. The Hall–Kier alpha value is -1.35. The molecule has 0 unspecified atom stereocenters. The van der Waals surface area contributed by atoms with E-state index >= 15 is 0 Å². The van der Waals surface area contributed by atoms with Crippen molar-refractivity contribution in [3.05, 3.63) is 29.8 Å². The van der Waals surface area contributed by atoms with Crippen molar-refractivity contribution in [3.8, 4) is 0 Å². The number of nitrogens with zero attached hydrogens (tertiary/aromatic N) is 1. The minimum absolute atomic E-state index is 0.0281. The van der Waals surface area contributed by atoms with Crippen molar-refractivity contribution in [2.24, 2.45) is 0 Å². The third-order valence-electron chi connectivity index (χ3n) is 3.74. The lowest BCUT2D eigenvalue weighted by atomic mass is 9.86. The zero-order valence-corrected chi connectivity index (χ0v) is 14.9. The van der Waals surface area contributed by atoms with Gasteiger partial charge in [-0.05, 0) is 43.0 Å². The average molecular weight is 304 g/mol. The summed E-state index contributed by atoms with van der Waals surface area (Å²) in [6.45, 7) is 13.8. The average Bonchev–Trinajstić information content (AvgIpc) is 2.45. The van der Waals surface area contributed by atoms with Crippen LogP contribution in [0.2, 0.25) is 0 Å². The van der Waals surface area contributed by atoms with Crippen LogP contribution >= 0.6 is 0 Å². The number of benzene rings is 1. The Morgan fingerprint density at radius 1 is 1.05 bits per heavy atom. The van der Waals surface area contributed by atoms with Crippen molar-refractivity contribution in [1.82, 2.24) is 4.90 Å². The quantitative estimate of drug-likeness (QED) is 0.770. The number of rotatable bonds is 8. The van der Waals surface area contributed by atoms with Crippen LogP contribution in [0.15, 0.2) is 24.3 Å². The van der Waals surface area contributed by atoms with Crippen LogP contribution in [0.1, 0.15) is 59.4 Å². The summed E-state index contributed by atoms with van der Waals surface area (Å²) in [4.78, 5) is 14.6. The predicted octanol–water partition coefficient (Wildman–Crippen LogP) is 4.43. The molecule has 1 amide bonds. The van der Waals surface area contributed by atoms with E-state index in [1.54, 1.807) is 0 Å². The first-order valence-corrected chi connectivity index (χ1v) is 8.50. The van der Waals surface area contributed by atoms with Crippen molar-refractivity contribution in [2.75, 3.05) is 25.0 Å². The fourth-order valence-electron chi connectivity index (χ4n) is 2.69. The normalized spacial score (nSPS) is 11.7. The minimum Gasteiger partial charge on any atom is -0.326 e. The van der Waals surface area contributed by atoms with Crippen LogP contribution in [0, 0.1) is 0 Å². The highest BCUT2D eigenvalue weighted by Crippen LogP contribution is 2.29. The van der Waals surface area contributed by atoms with Crippen molar-refractivity contribution in [1.29, 1.82) is 0 Å². The number of para-hydroxylation sites is 1. The highest BCUT2D eigenvalue weighted by Gasteiger charge is 2.18. The lowest BCUT2D eigenvalue weighted by Gasteiger charge is -2.24. The highest BCUT2D eigenvalue weighted by atomic mass is 16.1. The number of nitrogens with one attached hydrogen (secondary N) is 1.